The summed E-state index contributed by atoms with van der Waals surface area (Å²) in [6, 6.07) is 0. The number of nitrogens with zero attached hydrogens (tertiary/aromatic N) is 3. The van der Waals surface area contributed by atoms with Crippen LogP contribution in [0.4, 0.5) is 11.9 Å². The lowest BCUT2D eigenvalue weighted by Gasteiger charge is -2.09. The Labute approximate surface area is 133 Å². The molecule has 0 unspecified atom stereocenters. The van der Waals surface area contributed by atoms with E-state index in [1.54, 1.807) is 0 Å². The molecule has 0 aliphatic rings. The van der Waals surface area contributed by atoms with Gasteiger partial charge in [0.15, 0.2) is 5.16 Å². The quantitative estimate of drug-likeness (QED) is 0.188. The summed E-state index contributed by atoms with van der Waals surface area (Å²) in [6.45, 7) is 1.92. The molecule has 1 aromatic rings. The van der Waals surface area contributed by atoms with Crippen LogP contribution in [-0.4, -0.2) is 65.6 Å². The summed E-state index contributed by atoms with van der Waals surface area (Å²) >= 11 is 1.28. The van der Waals surface area contributed by atoms with Gasteiger partial charge in [0.2, 0.25) is 11.9 Å². The van der Waals surface area contributed by atoms with Crippen molar-refractivity contribution in [2.45, 2.75) is 11.6 Å². The molecule has 0 bridgehead atoms. The summed E-state index contributed by atoms with van der Waals surface area (Å²) in [5.74, 6) is 0.937. The van der Waals surface area contributed by atoms with Crippen molar-refractivity contribution in [3.8, 4) is 0 Å². The summed E-state index contributed by atoms with van der Waals surface area (Å²) in [5, 5.41) is 6.37. The van der Waals surface area contributed by atoms with E-state index in [4.69, 9.17) is 16.0 Å². The Bertz CT molecular complexity index is 529. The van der Waals surface area contributed by atoms with Crippen LogP contribution >= 0.6 is 11.8 Å². The van der Waals surface area contributed by atoms with Crippen LogP contribution in [0.15, 0.2) is 5.16 Å². The van der Waals surface area contributed by atoms with Crippen LogP contribution in [0.1, 0.15) is 6.42 Å². The fraction of sp³-hybridized carbons (Fsp3) is 0.700. The van der Waals surface area contributed by atoms with Gasteiger partial charge in [-0.3, -0.25) is 4.55 Å². The summed E-state index contributed by atoms with van der Waals surface area (Å²) in [6.07, 6.45) is 0.298. The van der Waals surface area contributed by atoms with Gasteiger partial charge in [0.05, 0.1) is 5.75 Å². The van der Waals surface area contributed by atoms with E-state index in [1.807, 2.05) is 0 Å². The average molecular weight is 351 g/mol. The Morgan fingerprint density at radius 3 is 2.05 bits per heavy atom. The fourth-order valence-corrected chi connectivity index (χ4v) is 2.82. The van der Waals surface area contributed by atoms with Crippen LogP contribution in [0.2, 0.25) is 0 Å². The van der Waals surface area contributed by atoms with Gasteiger partial charge in [-0.1, -0.05) is 11.8 Å². The molecule has 0 spiro atoms. The van der Waals surface area contributed by atoms with Gasteiger partial charge in [-0.05, 0) is 6.42 Å². The van der Waals surface area contributed by atoms with Crippen molar-refractivity contribution in [1.82, 2.24) is 15.0 Å². The third kappa shape index (κ3) is 8.29. The Balaban J connectivity index is 2.65. The molecule has 1 aromatic heterocycles. The summed E-state index contributed by atoms with van der Waals surface area (Å²) in [7, 11) is -3.94. The topological polar surface area (TPSA) is 169 Å². The van der Waals surface area contributed by atoms with Crippen molar-refractivity contribution >= 4 is 33.8 Å². The van der Waals surface area contributed by atoms with Crippen LogP contribution in [0, 0.1) is 0 Å². The van der Waals surface area contributed by atoms with E-state index in [2.05, 4.69) is 25.6 Å². The summed E-state index contributed by atoms with van der Waals surface area (Å²) < 4.78 is 30.0. The standard InChI is InChI=1S/C10H21N7O3S2/c11-2-4-13-8-15-9(14-5-3-12)17-10(16-8)21-6-1-7-22(18,19)20/h1-7,11-12H2,(H,18,19,20)(H2,13,14,15,16,17). The van der Waals surface area contributed by atoms with Crippen LogP contribution in [0.5, 0.6) is 0 Å². The highest BCUT2D eigenvalue weighted by atomic mass is 32.2. The molecule has 0 saturated carbocycles. The highest BCUT2D eigenvalue weighted by Gasteiger charge is 2.08. The third-order valence-corrected chi connectivity index (χ3v) is 3.99. The zero-order valence-electron chi connectivity index (χ0n) is 12.0. The molecule has 0 aromatic carbocycles. The van der Waals surface area contributed by atoms with Crippen LogP contribution in [-0.2, 0) is 10.1 Å². The maximum absolute atomic E-state index is 10.6. The van der Waals surface area contributed by atoms with E-state index < -0.39 is 10.1 Å². The van der Waals surface area contributed by atoms with Crippen LogP contribution < -0.4 is 22.1 Å². The Kier molecular flexibility index (Phi) is 8.34. The lowest BCUT2D eigenvalue weighted by atomic mass is 10.6. The van der Waals surface area contributed by atoms with Crippen molar-refractivity contribution < 1.29 is 13.0 Å². The molecule has 0 aliphatic carbocycles. The molecule has 0 fully saturated rings. The zero-order chi connectivity index (χ0) is 16.4. The molecule has 7 N–H and O–H groups in total. The van der Waals surface area contributed by atoms with E-state index in [1.165, 1.54) is 11.8 Å². The van der Waals surface area contributed by atoms with Gasteiger partial charge >= 0.3 is 0 Å². The number of thioether (sulfide) groups is 1. The number of hydrogen-bond acceptors (Lipinski definition) is 10. The minimum Gasteiger partial charge on any atom is -0.353 e. The second-order valence-electron chi connectivity index (χ2n) is 4.18. The number of hydrogen-bond donors (Lipinski definition) is 5. The van der Waals surface area contributed by atoms with Gasteiger partial charge in [-0.15, -0.1) is 0 Å². The second-order valence-corrected chi connectivity index (χ2v) is 6.82. The van der Waals surface area contributed by atoms with E-state index in [0.717, 1.165) is 0 Å². The van der Waals surface area contributed by atoms with E-state index in [0.29, 0.717) is 55.4 Å². The fourth-order valence-electron chi connectivity index (χ4n) is 1.35. The third-order valence-electron chi connectivity index (χ3n) is 2.25. The van der Waals surface area contributed by atoms with Crippen molar-refractivity contribution in [2.24, 2.45) is 11.5 Å². The van der Waals surface area contributed by atoms with Crippen LogP contribution in [0.3, 0.4) is 0 Å². The van der Waals surface area contributed by atoms with Crippen molar-refractivity contribution in [3.63, 3.8) is 0 Å². The normalized spacial score (nSPS) is 11.4. The molecule has 1 rings (SSSR count). The average Bonchev–Trinajstić information content (AvgIpc) is 2.46. The smallest absolute Gasteiger partial charge is 0.264 e. The molecule has 12 heteroatoms. The first-order valence-corrected chi connectivity index (χ1v) is 9.26. The van der Waals surface area contributed by atoms with E-state index >= 15 is 0 Å². The maximum Gasteiger partial charge on any atom is 0.264 e. The van der Waals surface area contributed by atoms with Gasteiger partial charge in [0.1, 0.15) is 0 Å². The van der Waals surface area contributed by atoms with Gasteiger partial charge in [0, 0.05) is 31.9 Å². The number of aromatic nitrogens is 3. The highest BCUT2D eigenvalue weighted by molar-refractivity contribution is 7.99. The number of nitrogens with two attached hydrogens (primary N) is 2. The molecular formula is C10H21N7O3S2. The number of anilines is 2. The summed E-state index contributed by atoms with van der Waals surface area (Å²) in [5.41, 5.74) is 10.8. The van der Waals surface area contributed by atoms with E-state index in [9.17, 15) is 8.42 Å². The Morgan fingerprint density at radius 2 is 1.59 bits per heavy atom. The molecule has 0 aliphatic heterocycles. The largest absolute Gasteiger partial charge is 0.353 e. The lowest BCUT2D eigenvalue weighted by molar-refractivity contribution is 0.482. The summed E-state index contributed by atoms with van der Waals surface area (Å²) in [4.78, 5) is 12.6. The Hall–Kier alpha value is -1.21. The van der Waals surface area contributed by atoms with Crippen molar-refractivity contribution in [3.05, 3.63) is 0 Å². The second kappa shape index (κ2) is 9.74. The lowest BCUT2D eigenvalue weighted by Crippen LogP contribution is -2.18. The molecule has 126 valence electrons. The first kappa shape index (κ1) is 18.8. The molecule has 10 nitrogen and oxygen atoms in total. The minimum absolute atomic E-state index is 0.290. The molecule has 0 amide bonds. The predicted octanol–water partition coefficient (Wildman–Crippen LogP) is -1.02. The maximum atomic E-state index is 10.6. The zero-order valence-corrected chi connectivity index (χ0v) is 13.7. The molecular weight excluding hydrogens is 330 g/mol. The van der Waals surface area contributed by atoms with Crippen molar-refractivity contribution in [2.75, 3.05) is 48.3 Å². The van der Waals surface area contributed by atoms with Crippen LogP contribution in [0.25, 0.3) is 0 Å². The Morgan fingerprint density at radius 1 is 1.05 bits per heavy atom. The first-order chi connectivity index (χ1) is 10.4. The van der Waals surface area contributed by atoms with Gasteiger partial charge < -0.3 is 22.1 Å². The first-order valence-electron chi connectivity index (χ1n) is 6.66. The van der Waals surface area contributed by atoms with Gasteiger partial charge in [0.25, 0.3) is 10.1 Å². The molecule has 0 saturated heterocycles. The SMILES string of the molecule is NCCNc1nc(NCCN)nc(SCCCS(=O)(=O)O)n1. The van der Waals surface area contributed by atoms with Crippen molar-refractivity contribution in [1.29, 1.82) is 0 Å². The number of rotatable bonds is 11. The monoisotopic (exact) mass is 351 g/mol. The molecule has 0 atom stereocenters. The van der Waals surface area contributed by atoms with E-state index in [-0.39, 0.29) is 5.75 Å². The van der Waals surface area contributed by atoms with Gasteiger partial charge in [-0.2, -0.15) is 23.4 Å². The molecule has 1 heterocycles. The highest BCUT2D eigenvalue weighted by Crippen LogP contribution is 2.17. The predicted molar refractivity (Wildman–Crippen MR) is 86.7 cm³/mol. The van der Waals surface area contributed by atoms with Gasteiger partial charge in [-0.25, -0.2) is 0 Å². The molecule has 0 radical (unpaired) electrons. The minimum atomic E-state index is -3.94. The number of nitrogens with one attached hydrogen (secondary N) is 2. The molecule has 22 heavy (non-hydrogen) atoms.